The number of pyridine rings is 1. The predicted octanol–water partition coefficient (Wildman–Crippen LogP) is 1.71. The summed E-state index contributed by atoms with van der Waals surface area (Å²) in [6.45, 7) is 1.46. The number of hydrogen-bond acceptors (Lipinski definition) is 5. The van der Waals surface area contributed by atoms with Crippen molar-refractivity contribution in [1.82, 2.24) is 9.88 Å². The van der Waals surface area contributed by atoms with Crippen molar-refractivity contribution in [3.8, 4) is 11.6 Å². The number of carbonyl (C=O) groups excluding carboxylic acids is 1. The summed E-state index contributed by atoms with van der Waals surface area (Å²) >= 11 is 0. The number of hydrogen-bond donors (Lipinski definition) is 1. The maximum absolute atomic E-state index is 13.0. The van der Waals surface area contributed by atoms with Crippen LogP contribution in [0.2, 0.25) is 0 Å². The number of likely N-dealkylation sites (tertiary alicyclic amines) is 1. The van der Waals surface area contributed by atoms with Gasteiger partial charge in [0.05, 0.1) is 5.41 Å². The smallest absolute Gasteiger partial charge is 0.311 e. The third kappa shape index (κ3) is 2.22. The van der Waals surface area contributed by atoms with Gasteiger partial charge in [0.1, 0.15) is 18.9 Å². The first-order valence-corrected chi connectivity index (χ1v) is 8.43. The largest absolute Gasteiger partial charge is 0.484 e. The third-order valence-corrected chi connectivity index (χ3v) is 5.45. The monoisotopic (exact) mass is 332 g/mol. The number of ether oxygens (including phenoxy) is 2. The highest BCUT2D eigenvalue weighted by Crippen LogP contribution is 2.48. The molecule has 4 rings (SSSR count). The van der Waals surface area contributed by atoms with Gasteiger partial charge in [0.2, 0.25) is 0 Å². The summed E-state index contributed by atoms with van der Waals surface area (Å²) in [5.41, 5.74) is -0.505. The van der Waals surface area contributed by atoms with E-state index in [2.05, 4.69) is 4.98 Å². The Bertz CT molecular complexity index is 692. The molecular weight excluding hydrogens is 312 g/mol. The Morgan fingerprint density at radius 2 is 2.00 bits per heavy atom. The molecule has 1 N–H and O–H groups in total. The molecule has 7 heteroatoms. The topological polar surface area (TPSA) is 89.0 Å². The zero-order chi connectivity index (χ0) is 16.7. The molecule has 2 fully saturated rings. The second-order valence-corrected chi connectivity index (χ2v) is 6.67. The molecule has 24 heavy (non-hydrogen) atoms. The minimum atomic E-state index is -0.790. The van der Waals surface area contributed by atoms with Crippen LogP contribution >= 0.6 is 0 Å². The molecule has 1 saturated carbocycles. The van der Waals surface area contributed by atoms with E-state index < -0.39 is 11.4 Å². The van der Waals surface area contributed by atoms with E-state index in [1.165, 1.54) is 0 Å². The van der Waals surface area contributed by atoms with E-state index in [0.717, 1.165) is 12.8 Å². The molecule has 1 aromatic heterocycles. The Labute approximate surface area is 139 Å². The molecule has 7 nitrogen and oxygen atoms in total. The van der Waals surface area contributed by atoms with Gasteiger partial charge in [-0.25, -0.2) is 4.98 Å². The molecule has 1 amide bonds. The molecule has 0 spiro atoms. The van der Waals surface area contributed by atoms with E-state index in [-0.39, 0.29) is 17.6 Å². The quantitative estimate of drug-likeness (QED) is 0.887. The maximum atomic E-state index is 13.0. The summed E-state index contributed by atoms with van der Waals surface area (Å²) in [4.78, 5) is 30.8. The second-order valence-electron chi connectivity index (χ2n) is 6.67. The van der Waals surface area contributed by atoms with Crippen LogP contribution in [0.25, 0.3) is 0 Å². The van der Waals surface area contributed by atoms with E-state index in [1.807, 2.05) is 0 Å². The van der Waals surface area contributed by atoms with E-state index in [1.54, 1.807) is 17.0 Å². The standard InChI is InChI=1S/C17H20N2O5/c20-15(11-4-5-12-14(18-11)24-10-9-23-12)19-8-2-7-17(16(21)22)6-1-3-13(17)19/h4-5,13H,1-3,6-10H2,(H,21,22)/t13-,17+/m1/s1. The van der Waals surface area contributed by atoms with Gasteiger partial charge in [0, 0.05) is 12.6 Å². The number of fused-ring (bicyclic) bond motifs is 2. The summed E-state index contributed by atoms with van der Waals surface area (Å²) in [5, 5.41) is 9.74. The van der Waals surface area contributed by atoms with E-state index >= 15 is 0 Å². The number of nitrogens with zero attached hydrogens (tertiary/aromatic N) is 2. The first-order chi connectivity index (χ1) is 11.6. The highest BCUT2D eigenvalue weighted by molar-refractivity contribution is 5.93. The Morgan fingerprint density at radius 3 is 2.83 bits per heavy atom. The Balaban J connectivity index is 1.63. The van der Waals surface area contributed by atoms with Crippen molar-refractivity contribution in [2.45, 2.75) is 38.1 Å². The molecule has 1 aliphatic carbocycles. The molecule has 2 atom stereocenters. The molecule has 3 aliphatic rings. The lowest BCUT2D eigenvalue weighted by molar-refractivity contribution is -0.154. The van der Waals surface area contributed by atoms with Crippen molar-refractivity contribution in [1.29, 1.82) is 0 Å². The van der Waals surface area contributed by atoms with E-state index in [0.29, 0.717) is 50.7 Å². The molecule has 0 radical (unpaired) electrons. The van der Waals surface area contributed by atoms with Gasteiger partial charge in [-0.3, -0.25) is 9.59 Å². The van der Waals surface area contributed by atoms with Crippen LogP contribution in [0.5, 0.6) is 11.6 Å². The van der Waals surface area contributed by atoms with Crippen molar-refractivity contribution in [3.05, 3.63) is 17.8 Å². The minimum absolute atomic E-state index is 0.218. The lowest BCUT2D eigenvalue weighted by Gasteiger charge is -2.43. The molecule has 3 heterocycles. The van der Waals surface area contributed by atoms with Crippen LogP contribution < -0.4 is 9.47 Å². The van der Waals surface area contributed by atoms with E-state index in [4.69, 9.17) is 9.47 Å². The highest BCUT2D eigenvalue weighted by Gasteiger charge is 2.54. The Kier molecular flexibility index (Phi) is 3.58. The SMILES string of the molecule is O=C(c1ccc2c(n1)OCCO2)N1CCC[C@@]2(C(=O)O)CCC[C@@H]12. The summed E-state index contributed by atoms with van der Waals surface area (Å²) in [6, 6.07) is 3.07. The van der Waals surface area contributed by atoms with Crippen molar-refractivity contribution in [2.75, 3.05) is 19.8 Å². The van der Waals surface area contributed by atoms with Gasteiger partial charge in [0.25, 0.3) is 11.8 Å². The van der Waals surface area contributed by atoms with Crippen molar-refractivity contribution in [3.63, 3.8) is 0 Å². The number of rotatable bonds is 2. The van der Waals surface area contributed by atoms with Crippen molar-refractivity contribution >= 4 is 11.9 Å². The van der Waals surface area contributed by atoms with Gasteiger partial charge in [-0.1, -0.05) is 6.42 Å². The van der Waals surface area contributed by atoms with Gasteiger partial charge < -0.3 is 19.5 Å². The van der Waals surface area contributed by atoms with Crippen molar-refractivity contribution in [2.24, 2.45) is 5.41 Å². The molecule has 1 aromatic rings. The average Bonchev–Trinajstić information content (AvgIpc) is 3.06. The molecular formula is C17H20N2O5. The fraction of sp³-hybridized carbons (Fsp3) is 0.588. The highest BCUT2D eigenvalue weighted by atomic mass is 16.6. The summed E-state index contributed by atoms with van der Waals surface area (Å²) in [6.07, 6.45) is 3.58. The second kappa shape index (κ2) is 5.65. The number of piperidine rings is 1. The van der Waals surface area contributed by atoms with Crippen LogP contribution in [0, 0.1) is 5.41 Å². The summed E-state index contributed by atoms with van der Waals surface area (Å²) < 4.78 is 10.9. The van der Waals surface area contributed by atoms with E-state index in [9.17, 15) is 14.7 Å². The number of carbonyl (C=O) groups is 2. The summed E-state index contributed by atoms with van der Waals surface area (Å²) in [5.74, 6) is -0.126. The predicted molar refractivity (Wildman–Crippen MR) is 83.2 cm³/mol. The van der Waals surface area contributed by atoms with Crippen LogP contribution in [0.15, 0.2) is 12.1 Å². The number of aromatic nitrogens is 1. The van der Waals surface area contributed by atoms with Gasteiger partial charge in [-0.15, -0.1) is 0 Å². The van der Waals surface area contributed by atoms with Gasteiger partial charge in [0.15, 0.2) is 5.75 Å². The van der Waals surface area contributed by atoms with Crippen molar-refractivity contribution < 1.29 is 24.2 Å². The Hall–Kier alpha value is -2.31. The molecule has 0 bridgehead atoms. The zero-order valence-electron chi connectivity index (χ0n) is 13.4. The van der Waals surface area contributed by atoms with Crippen LogP contribution in [0.4, 0.5) is 0 Å². The maximum Gasteiger partial charge on any atom is 0.311 e. The molecule has 2 aliphatic heterocycles. The molecule has 0 unspecified atom stereocenters. The van der Waals surface area contributed by atoms with Gasteiger partial charge in [-0.05, 0) is 37.8 Å². The number of carboxylic acids is 1. The lowest BCUT2D eigenvalue weighted by atomic mass is 9.75. The van der Waals surface area contributed by atoms with Crippen LogP contribution in [-0.2, 0) is 4.79 Å². The molecule has 128 valence electrons. The van der Waals surface area contributed by atoms with Gasteiger partial charge in [-0.2, -0.15) is 0 Å². The summed E-state index contributed by atoms with van der Waals surface area (Å²) in [7, 11) is 0. The normalized spacial score (nSPS) is 28.3. The minimum Gasteiger partial charge on any atom is -0.484 e. The lowest BCUT2D eigenvalue weighted by Crippen LogP contribution is -2.55. The fourth-order valence-electron chi connectivity index (χ4n) is 4.32. The fourth-order valence-corrected chi connectivity index (χ4v) is 4.32. The van der Waals surface area contributed by atoms with Crippen LogP contribution in [0.1, 0.15) is 42.6 Å². The first-order valence-electron chi connectivity index (χ1n) is 8.43. The Morgan fingerprint density at radius 1 is 1.21 bits per heavy atom. The zero-order valence-corrected chi connectivity index (χ0v) is 13.4. The molecule has 0 aromatic carbocycles. The van der Waals surface area contributed by atoms with Crippen LogP contribution in [-0.4, -0.2) is 52.7 Å². The van der Waals surface area contributed by atoms with Crippen LogP contribution in [0.3, 0.4) is 0 Å². The first kappa shape index (κ1) is 15.2. The molecule has 1 saturated heterocycles. The third-order valence-electron chi connectivity index (χ3n) is 5.45. The average molecular weight is 332 g/mol. The number of aliphatic carboxylic acids is 1. The van der Waals surface area contributed by atoms with Gasteiger partial charge >= 0.3 is 5.97 Å². The number of carboxylic acid groups (broad SMARTS) is 1. The number of amides is 1.